The molecule has 0 aliphatic heterocycles. The summed E-state index contributed by atoms with van der Waals surface area (Å²) in [7, 11) is 0. The Morgan fingerprint density at radius 2 is 1.62 bits per heavy atom. The van der Waals surface area contributed by atoms with Crippen LogP contribution in [0, 0.1) is 13.8 Å². The first-order valence-electron chi connectivity index (χ1n) is 10.5. The normalized spacial score (nSPS) is 12.8. The van der Waals surface area contributed by atoms with Crippen molar-refractivity contribution < 1.29 is 14.3 Å². The van der Waals surface area contributed by atoms with Gasteiger partial charge in [0.15, 0.2) is 6.61 Å². The molecule has 0 aliphatic rings. The molecule has 32 heavy (non-hydrogen) atoms. The highest BCUT2D eigenvalue weighted by Gasteiger charge is 2.28. The number of hydrogen-bond acceptors (Lipinski definition) is 3. The summed E-state index contributed by atoms with van der Waals surface area (Å²) in [6, 6.07) is 7.92. The van der Waals surface area contributed by atoms with E-state index in [0.717, 1.165) is 17.5 Å². The van der Waals surface area contributed by atoms with Crippen LogP contribution in [0.4, 0.5) is 0 Å². The van der Waals surface area contributed by atoms with E-state index in [2.05, 4.69) is 5.32 Å². The predicted molar refractivity (Wildman–Crippen MR) is 131 cm³/mol. The molecule has 0 saturated heterocycles. The highest BCUT2D eigenvalue weighted by atomic mass is 35.5. The number of carbonyl (C=O) groups is 2. The first kappa shape index (κ1) is 26.3. The van der Waals surface area contributed by atoms with E-state index in [9.17, 15) is 9.59 Å². The van der Waals surface area contributed by atoms with Crippen molar-refractivity contribution in [3.63, 3.8) is 0 Å². The molecule has 5 nitrogen and oxygen atoms in total. The van der Waals surface area contributed by atoms with E-state index in [-0.39, 0.29) is 31.0 Å². The third-order valence-corrected chi connectivity index (χ3v) is 6.64. The molecule has 0 spiro atoms. The molecule has 0 bridgehead atoms. The molecule has 2 atom stereocenters. The molecule has 0 aromatic heterocycles. The van der Waals surface area contributed by atoms with E-state index in [4.69, 9.17) is 39.5 Å². The van der Waals surface area contributed by atoms with Crippen molar-refractivity contribution in [2.24, 2.45) is 0 Å². The number of nitrogens with one attached hydrogen (secondary N) is 1. The number of carbonyl (C=O) groups excluding carboxylic acids is 2. The summed E-state index contributed by atoms with van der Waals surface area (Å²) in [6.07, 6.45) is 0.779. The van der Waals surface area contributed by atoms with Gasteiger partial charge in [0.1, 0.15) is 11.8 Å². The maximum Gasteiger partial charge on any atom is 0.261 e. The Kier molecular flexibility index (Phi) is 9.68. The van der Waals surface area contributed by atoms with E-state index in [1.54, 1.807) is 37.3 Å². The summed E-state index contributed by atoms with van der Waals surface area (Å²) in [5.74, 6) is -0.0858. The minimum atomic E-state index is -0.749. The van der Waals surface area contributed by atoms with Crippen molar-refractivity contribution in [2.75, 3.05) is 6.61 Å². The second-order valence-corrected chi connectivity index (χ2v) is 9.07. The van der Waals surface area contributed by atoms with Crippen molar-refractivity contribution >= 4 is 46.6 Å². The largest absolute Gasteiger partial charge is 0.484 e. The monoisotopic (exact) mass is 498 g/mol. The molecule has 2 aromatic rings. The number of benzene rings is 2. The van der Waals surface area contributed by atoms with Crippen LogP contribution in [0.1, 0.15) is 43.9 Å². The second kappa shape index (κ2) is 11.8. The number of rotatable bonds is 9. The van der Waals surface area contributed by atoms with Crippen molar-refractivity contribution in [3.8, 4) is 5.75 Å². The van der Waals surface area contributed by atoms with Crippen molar-refractivity contribution in [1.29, 1.82) is 0 Å². The van der Waals surface area contributed by atoms with E-state index in [1.165, 1.54) is 4.90 Å². The molecule has 2 aromatic carbocycles. The molecule has 8 heteroatoms. The van der Waals surface area contributed by atoms with Gasteiger partial charge >= 0.3 is 0 Å². The molecule has 0 radical (unpaired) electrons. The van der Waals surface area contributed by atoms with Gasteiger partial charge in [-0.1, -0.05) is 47.8 Å². The van der Waals surface area contributed by atoms with E-state index in [0.29, 0.717) is 26.4 Å². The molecule has 0 saturated carbocycles. The fourth-order valence-corrected chi connectivity index (χ4v) is 3.75. The van der Waals surface area contributed by atoms with Gasteiger partial charge in [-0.05, 0) is 69.5 Å². The van der Waals surface area contributed by atoms with Gasteiger partial charge in [-0.3, -0.25) is 9.59 Å². The zero-order valence-corrected chi connectivity index (χ0v) is 21.2. The maximum atomic E-state index is 13.2. The Bertz CT molecular complexity index is 938. The molecule has 1 N–H and O–H groups in total. The van der Waals surface area contributed by atoms with Gasteiger partial charge in [0, 0.05) is 33.2 Å². The standard InChI is InChI=1S/C24H29Cl3N2O3/c1-6-16(4)28-24(31)17(5)29(12-19-20(25)8-7-9-21(19)26)22(30)13-32-18-10-14(2)23(27)15(3)11-18/h7-11,16-17H,6,12-13H2,1-5H3,(H,28,31)/t16-,17-/m1/s1. The molecule has 174 valence electrons. The van der Waals surface area contributed by atoms with Gasteiger partial charge in [0.25, 0.3) is 5.91 Å². The summed E-state index contributed by atoms with van der Waals surface area (Å²) in [5, 5.41) is 4.43. The van der Waals surface area contributed by atoms with Crippen LogP contribution >= 0.6 is 34.8 Å². The van der Waals surface area contributed by atoms with Crippen LogP contribution in [-0.2, 0) is 16.1 Å². The van der Waals surface area contributed by atoms with Gasteiger partial charge in [-0.2, -0.15) is 0 Å². The first-order chi connectivity index (χ1) is 15.0. The number of hydrogen-bond donors (Lipinski definition) is 1. The predicted octanol–water partition coefficient (Wildman–Crippen LogP) is 5.97. The van der Waals surface area contributed by atoms with Crippen LogP contribution in [0.2, 0.25) is 15.1 Å². The average molecular weight is 500 g/mol. The Balaban J connectivity index is 2.26. The number of nitrogens with zero attached hydrogens (tertiary/aromatic N) is 1. The van der Waals surface area contributed by atoms with Crippen LogP contribution < -0.4 is 10.1 Å². The summed E-state index contributed by atoms with van der Waals surface area (Å²) in [6.45, 7) is 9.14. The molecule has 0 fully saturated rings. The number of ether oxygens (including phenoxy) is 1. The molecule has 2 rings (SSSR count). The number of amides is 2. The lowest BCUT2D eigenvalue weighted by molar-refractivity contribution is -0.142. The zero-order valence-electron chi connectivity index (χ0n) is 19.0. The van der Waals surface area contributed by atoms with Gasteiger partial charge in [-0.25, -0.2) is 0 Å². The van der Waals surface area contributed by atoms with E-state index < -0.39 is 6.04 Å². The lowest BCUT2D eigenvalue weighted by atomic mass is 10.1. The topological polar surface area (TPSA) is 58.6 Å². The Labute approximate surface area is 205 Å². The third kappa shape index (κ3) is 6.77. The lowest BCUT2D eigenvalue weighted by Crippen LogP contribution is -2.50. The van der Waals surface area contributed by atoms with Gasteiger partial charge in [-0.15, -0.1) is 0 Å². The zero-order chi connectivity index (χ0) is 24.0. The number of aryl methyl sites for hydroxylation is 2. The van der Waals surface area contributed by atoms with Crippen molar-refractivity contribution in [3.05, 3.63) is 62.1 Å². The van der Waals surface area contributed by atoms with Crippen LogP contribution in [0.3, 0.4) is 0 Å². The first-order valence-corrected chi connectivity index (χ1v) is 11.6. The minimum absolute atomic E-state index is 0.0120. The molecular weight excluding hydrogens is 471 g/mol. The maximum absolute atomic E-state index is 13.2. The Hall–Kier alpha value is -1.95. The van der Waals surface area contributed by atoms with E-state index >= 15 is 0 Å². The Morgan fingerprint density at radius 3 is 2.16 bits per heavy atom. The minimum Gasteiger partial charge on any atom is -0.484 e. The highest BCUT2D eigenvalue weighted by molar-refractivity contribution is 6.36. The van der Waals surface area contributed by atoms with E-state index in [1.807, 2.05) is 27.7 Å². The van der Waals surface area contributed by atoms with Crippen LogP contribution in [0.15, 0.2) is 30.3 Å². The summed E-state index contributed by atoms with van der Waals surface area (Å²) in [4.78, 5) is 27.4. The summed E-state index contributed by atoms with van der Waals surface area (Å²) < 4.78 is 5.75. The van der Waals surface area contributed by atoms with Crippen molar-refractivity contribution in [2.45, 2.75) is 59.7 Å². The van der Waals surface area contributed by atoms with Crippen LogP contribution in [0.25, 0.3) is 0 Å². The number of halogens is 3. The second-order valence-electron chi connectivity index (χ2n) is 7.88. The molecular formula is C24H29Cl3N2O3. The molecule has 0 aliphatic carbocycles. The molecule has 2 amide bonds. The molecule has 0 unspecified atom stereocenters. The SMILES string of the molecule is CC[C@@H](C)NC(=O)[C@@H](C)N(Cc1c(Cl)cccc1Cl)C(=O)COc1cc(C)c(Cl)c(C)c1. The third-order valence-electron chi connectivity index (χ3n) is 5.33. The summed E-state index contributed by atoms with van der Waals surface area (Å²) in [5.41, 5.74) is 2.29. The van der Waals surface area contributed by atoms with Gasteiger partial charge in [0.2, 0.25) is 5.91 Å². The Morgan fingerprint density at radius 1 is 1.06 bits per heavy atom. The average Bonchev–Trinajstić information content (AvgIpc) is 2.74. The van der Waals surface area contributed by atoms with Crippen molar-refractivity contribution in [1.82, 2.24) is 10.2 Å². The van der Waals surface area contributed by atoms with Crippen LogP contribution in [-0.4, -0.2) is 35.4 Å². The highest BCUT2D eigenvalue weighted by Crippen LogP contribution is 2.28. The van der Waals surface area contributed by atoms with Gasteiger partial charge < -0.3 is 15.0 Å². The quantitative estimate of drug-likeness (QED) is 0.462. The smallest absolute Gasteiger partial charge is 0.261 e. The fourth-order valence-electron chi connectivity index (χ4n) is 3.12. The lowest BCUT2D eigenvalue weighted by Gasteiger charge is -2.30. The summed E-state index contributed by atoms with van der Waals surface area (Å²) >= 11 is 18.9. The van der Waals surface area contributed by atoms with Gasteiger partial charge in [0.05, 0.1) is 0 Å². The molecule has 0 heterocycles. The van der Waals surface area contributed by atoms with Crippen LogP contribution in [0.5, 0.6) is 5.75 Å². The fraction of sp³-hybridized carbons (Fsp3) is 0.417.